The maximum atomic E-state index is 11.7. The van der Waals surface area contributed by atoms with Crippen LogP contribution in [-0.4, -0.2) is 11.0 Å². The van der Waals surface area contributed by atoms with Crippen LogP contribution >= 0.6 is 0 Å². The molecule has 0 aliphatic rings. The number of anilines is 1. The van der Waals surface area contributed by atoms with Crippen molar-refractivity contribution in [1.82, 2.24) is 4.98 Å². The van der Waals surface area contributed by atoms with Crippen LogP contribution in [0.15, 0.2) is 83.7 Å². The first-order valence-corrected chi connectivity index (χ1v) is 11.1. The second kappa shape index (κ2) is 9.73. The fourth-order valence-electron chi connectivity index (χ4n) is 4.04. The molecule has 0 aliphatic carbocycles. The first kappa shape index (κ1) is 21.7. The van der Waals surface area contributed by atoms with Crippen LogP contribution in [0.1, 0.15) is 42.9 Å². The summed E-state index contributed by atoms with van der Waals surface area (Å²) in [6.07, 6.45) is 1.07. The molecule has 0 amide bonds. The van der Waals surface area contributed by atoms with E-state index in [9.17, 15) is 4.79 Å². The molecule has 0 saturated carbocycles. The highest BCUT2D eigenvalue weighted by Gasteiger charge is 2.10. The molecule has 164 valence electrons. The largest absolute Gasteiger partial charge is 0.489 e. The van der Waals surface area contributed by atoms with Crippen LogP contribution in [0, 0.1) is 6.92 Å². The second-order valence-electron chi connectivity index (χ2n) is 8.61. The maximum absolute atomic E-state index is 11.7. The number of aromatic nitrogens is 1. The molecule has 32 heavy (non-hydrogen) atoms. The number of benzene rings is 3. The van der Waals surface area contributed by atoms with Crippen molar-refractivity contribution in [3.05, 3.63) is 106 Å². The zero-order valence-electron chi connectivity index (χ0n) is 18.9. The van der Waals surface area contributed by atoms with Crippen LogP contribution in [0.5, 0.6) is 5.75 Å². The predicted molar refractivity (Wildman–Crippen MR) is 133 cm³/mol. The van der Waals surface area contributed by atoms with Crippen molar-refractivity contribution in [1.29, 1.82) is 0 Å². The summed E-state index contributed by atoms with van der Waals surface area (Å²) >= 11 is 0. The zero-order valence-corrected chi connectivity index (χ0v) is 18.9. The van der Waals surface area contributed by atoms with E-state index in [-0.39, 0.29) is 5.56 Å². The number of fused-ring (bicyclic) bond motifs is 1. The van der Waals surface area contributed by atoms with E-state index in [0.717, 1.165) is 34.3 Å². The molecule has 0 aliphatic heterocycles. The molecule has 2 N–H and O–H groups in total. The summed E-state index contributed by atoms with van der Waals surface area (Å²) in [6.45, 7) is 6.81. The molecule has 0 spiro atoms. The van der Waals surface area contributed by atoms with Gasteiger partial charge < -0.3 is 15.0 Å². The Morgan fingerprint density at radius 1 is 0.938 bits per heavy atom. The number of hydrogen-bond donors (Lipinski definition) is 2. The van der Waals surface area contributed by atoms with Gasteiger partial charge in [-0.3, -0.25) is 4.79 Å². The van der Waals surface area contributed by atoms with Crippen LogP contribution in [0.4, 0.5) is 5.69 Å². The number of ether oxygens (including phenoxy) is 1. The van der Waals surface area contributed by atoms with Crippen molar-refractivity contribution in [2.75, 3.05) is 5.32 Å². The molecular formula is C28H30N2O2. The van der Waals surface area contributed by atoms with Gasteiger partial charge in [-0.05, 0) is 73.7 Å². The first-order chi connectivity index (χ1) is 15.5. The van der Waals surface area contributed by atoms with Crippen LogP contribution < -0.4 is 15.6 Å². The van der Waals surface area contributed by atoms with Gasteiger partial charge in [0.05, 0.1) is 0 Å². The minimum Gasteiger partial charge on any atom is -0.489 e. The average molecular weight is 427 g/mol. The van der Waals surface area contributed by atoms with Gasteiger partial charge in [0, 0.05) is 28.2 Å². The van der Waals surface area contributed by atoms with Gasteiger partial charge in [0.15, 0.2) is 0 Å². The quantitative estimate of drug-likeness (QED) is 0.342. The Hall–Kier alpha value is -3.53. The third-order valence-electron chi connectivity index (χ3n) is 5.85. The molecule has 3 aromatic carbocycles. The van der Waals surface area contributed by atoms with Crippen LogP contribution in [0.2, 0.25) is 0 Å². The Balaban J connectivity index is 1.32. The Bertz CT molecular complexity index is 1230. The van der Waals surface area contributed by atoms with Gasteiger partial charge in [-0.1, -0.05) is 49.4 Å². The van der Waals surface area contributed by atoms with Gasteiger partial charge in [-0.15, -0.1) is 0 Å². The number of hydrogen-bond acceptors (Lipinski definition) is 3. The molecule has 1 aromatic heterocycles. The molecule has 0 bridgehead atoms. The molecule has 4 nitrogen and oxygen atoms in total. The van der Waals surface area contributed by atoms with Crippen molar-refractivity contribution in [3.63, 3.8) is 0 Å². The minimum absolute atomic E-state index is 0.0521. The Kier molecular flexibility index (Phi) is 6.60. The van der Waals surface area contributed by atoms with E-state index < -0.39 is 0 Å². The second-order valence-corrected chi connectivity index (χ2v) is 8.61. The third-order valence-corrected chi connectivity index (χ3v) is 5.85. The smallest absolute Gasteiger partial charge is 0.251 e. The van der Waals surface area contributed by atoms with Crippen molar-refractivity contribution < 1.29 is 4.74 Å². The SMILES string of the molecule is Cc1cc2cc(OCc3ccc(NC(C)CC(C)c4ccccc4)cc3)ccc2[nH]c1=O. The molecule has 4 aromatic rings. The summed E-state index contributed by atoms with van der Waals surface area (Å²) < 4.78 is 5.98. The van der Waals surface area contributed by atoms with E-state index in [1.807, 2.05) is 31.2 Å². The molecular weight excluding hydrogens is 396 g/mol. The Labute approximate surface area is 189 Å². The molecule has 0 saturated heterocycles. The standard InChI is InChI=1S/C28H30N2O2/c1-19(23-7-5-4-6-8-23)15-21(3)29-25-11-9-22(10-12-25)18-32-26-13-14-27-24(17-26)16-20(2)28(31)30-27/h4-14,16-17,19,21,29H,15,18H2,1-3H3,(H,30,31). The van der Waals surface area contributed by atoms with Gasteiger partial charge in [0.1, 0.15) is 12.4 Å². The molecule has 1 heterocycles. The summed E-state index contributed by atoms with van der Waals surface area (Å²) in [7, 11) is 0. The third kappa shape index (κ3) is 5.38. The zero-order chi connectivity index (χ0) is 22.5. The highest BCUT2D eigenvalue weighted by molar-refractivity contribution is 5.80. The highest BCUT2D eigenvalue weighted by atomic mass is 16.5. The molecule has 2 atom stereocenters. The molecule has 4 rings (SSSR count). The number of H-pyrrole nitrogens is 1. The van der Waals surface area contributed by atoms with Gasteiger partial charge in [0.2, 0.25) is 0 Å². The van der Waals surface area contributed by atoms with Gasteiger partial charge >= 0.3 is 0 Å². The van der Waals surface area contributed by atoms with E-state index in [1.54, 1.807) is 0 Å². The lowest BCUT2D eigenvalue weighted by Crippen LogP contribution is -2.17. The van der Waals surface area contributed by atoms with E-state index in [4.69, 9.17) is 4.74 Å². The predicted octanol–water partition coefficient (Wildman–Crippen LogP) is 6.41. The van der Waals surface area contributed by atoms with Crippen molar-refractivity contribution in [3.8, 4) is 5.75 Å². The number of pyridine rings is 1. The average Bonchev–Trinajstić information content (AvgIpc) is 2.80. The molecule has 4 heteroatoms. The van der Waals surface area contributed by atoms with Crippen LogP contribution in [0.3, 0.4) is 0 Å². The lowest BCUT2D eigenvalue weighted by atomic mass is 9.94. The van der Waals surface area contributed by atoms with Crippen LogP contribution in [-0.2, 0) is 6.61 Å². The summed E-state index contributed by atoms with van der Waals surface area (Å²) in [6, 6.07) is 27.1. The van der Waals surface area contributed by atoms with E-state index in [1.165, 1.54) is 5.56 Å². The fraction of sp³-hybridized carbons (Fsp3) is 0.250. The summed E-state index contributed by atoms with van der Waals surface area (Å²) in [5, 5.41) is 4.57. The lowest BCUT2D eigenvalue weighted by molar-refractivity contribution is 0.306. The molecule has 0 radical (unpaired) electrons. The molecule has 0 fully saturated rings. The topological polar surface area (TPSA) is 54.1 Å². The Morgan fingerprint density at radius 3 is 2.44 bits per heavy atom. The molecule has 2 unspecified atom stereocenters. The highest BCUT2D eigenvalue weighted by Crippen LogP contribution is 2.23. The number of rotatable bonds is 8. The minimum atomic E-state index is -0.0521. The summed E-state index contributed by atoms with van der Waals surface area (Å²) in [5.41, 5.74) is 5.07. The fourth-order valence-corrected chi connectivity index (χ4v) is 4.04. The Morgan fingerprint density at radius 2 is 1.69 bits per heavy atom. The lowest BCUT2D eigenvalue weighted by Gasteiger charge is -2.20. The van der Waals surface area contributed by atoms with E-state index >= 15 is 0 Å². The summed E-state index contributed by atoms with van der Waals surface area (Å²) in [4.78, 5) is 14.6. The van der Waals surface area contributed by atoms with E-state index in [2.05, 4.69) is 78.7 Å². The number of aromatic amines is 1. The van der Waals surface area contributed by atoms with Crippen molar-refractivity contribution in [2.24, 2.45) is 0 Å². The number of aryl methyl sites for hydroxylation is 1. The first-order valence-electron chi connectivity index (χ1n) is 11.1. The van der Waals surface area contributed by atoms with Gasteiger partial charge in [0.25, 0.3) is 5.56 Å². The normalized spacial score (nSPS) is 13.0. The van der Waals surface area contributed by atoms with Crippen molar-refractivity contribution in [2.45, 2.75) is 45.8 Å². The van der Waals surface area contributed by atoms with Gasteiger partial charge in [-0.25, -0.2) is 0 Å². The van der Waals surface area contributed by atoms with E-state index in [0.29, 0.717) is 24.1 Å². The summed E-state index contributed by atoms with van der Waals surface area (Å²) in [5.74, 6) is 1.30. The van der Waals surface area contributed by atoms with Gasteiger partial charge in [-0.2, -0.15) is 0 Å². The van der Waals surface area contributed by atoms with Crippen LogP contribution in [0.25, 0.3) is 10.9 Å². The monoisotopic (exact) mass is 426 g/mol. The van der Waals surface area contributed by atoms with Crippen molar-refractivity contribution >= 4 is 16.6 Å². The maximum Gasteiger partial charge on any atom is 0.251 e. The number of nitrogens with one attached hydrogen (secondary N) is 2.